The highest BCUT2D eigenvalue weighted by Gasteiger charge is 2.32. The van der Waals surface area contributed by atoms with E-state index in [4.69, 9.17) is 4.74 Å². The number of hydrogen-bond donors (Lipinski definition) is 1. The van der Waals surface area contributed by atoms with E-state index < -0.39 is 24.1 Å². The van der Waals surface area contributed by atoms with Crippen molar-refractivity contribution in [1.82, 2.24) is 15.1 Å². The van der Waals surface area contributed by atoms with Crippen molar-refractivity contribution >= 4 is 6.29 Å². The molecule has 1 aliphatic heterocycles. The van der Waals surface area contributed by atoms with Gasteiger partial charge in [0.25, 0.3) is 0 Å². The number of hydrogen-bond acceptors (Lipinski definition) is 5. The number of H-pyrrole nitrogens is 1. The quantitative estimate of drug-likeness (QED) is 0.189. The molecule has 2 heterocycles. The van der Waals surface area contributed by atoms with Crippen LogP contribution >= 0.6 is 0 Å². The summed E-state index contributed by atoms with van der Waals surface area (Å²) in [5.41, 5.74) is 3.33. The highest BCUT2D eigenvalue weighted by Crippen LogP contribution is 2.36. The molecule has 40 heavy (non-hydrogen) atoms. The van der Waals surface area contributed by atoms with Gasteiger partial charge in [-0.3, -0.25) is 10.00 Å². The first-order valence-corrected chi connectivity index (χ1v) is 12.0. The largest absolute Gasteiger partial charge is 0.573 e. The van der Waals surface area contributed by atoms with Gasteiger partial charge in [0.2, 0.25) is 0 Å². The monoisotopic (exact) mass is 561 g/mol. The first-order chi connectivity index (χ1) is 19.0. The molecule has 4 aromatic rings. The Kier molecular flexibility index (Phi) is 7.28. The highest BCUT2D eigenvalue weighted by molar-refractivity contribution is 5.65. The van der Waals surface area contributed by atoms with Gasteiger partial charge in [-0.05, 0) is 58.7 Å². The molecule has 0 fully saturated rings. The van der Waals surface area contributed by atoms with E-state index in [1.165, 1.54) is 42.6 Å². The molecule has 0 radical (unpaired) electrons. The lowest BCUT2D eigenvalue weighted by Crippen LogP contribution is -2.22. The second kappa shape index (κ2) is 10.7. The molecular weight excluding hydrogens is 540 g/mol. The summed E-state index contributed by atoms with van der Waals surface area (Å²) in [5, 5.41) is 6.79. The van der Waals surface area contributed by atoms with E-state index in [9.17, 15) is 31.1 Å². The van der Waals surface area contributed by atoms with Crippen LogP contribution in [0.25, 0.3) is 11.3 Å². The van der Waals surface area contributed by atoms with E-state index >= 15 is 0 Å². The van der Waals surface area contributed by atoms with Crippen molar-refractivity contribution in [2.45, 2.75) is 38.3 Å². The summed E-state index contributed by atoms with van der Waals surface area (Å²) in [6, 6.07) is 15.0. The Morgan fingerprint density at radius 3 is 2.30 bits per heavy atom. The third-order valence-corrected chi connectivity index (χ3v) is 6.48. The van der Waals surface area contributed by atoms with Gasteiger partial charge in [-0.2, -0.15) is 18.3 Å². The van der Waals surface area contributed by atoms with E-state index in [0.717, 1.165) is 29.5 Å². The SMILES string of the molecule is O=CC1c2ccc(OCc3cn[nH]c3-c3ccc(C(F)(F)F)cc3)cc2CN1Cc1ccc(OC(F)(F)F)cc1. The lowest BCUT2D eigenvalue weighted by molar-refractivity contribution is -0.274. The minimum Gasteiger partial charge on any atom is -0.489 e. The van der Waals surface area contributed by atoms with Gasteiger partial charge in [0.15, 0.2) is 0 Å². The number of carbonyl (C=O) groups is 1. The maximum atomic E-state index is 12.9. The number of carbonyl (C=O) groups excluding carboxylic acids is 1. The average Bonchev–Trinajstić information content (AvgIpc) is 3.51. The third-order valence-electron chi connectivity index (χ3n) is 6.48. The average molecular weight is 561 g/mol. The van der Waals surface area contributed by atoms with Gasteiger partial charge in [-0.15, -0.1) is 13.2 Å². The summed E-state index contributed by atoms with van der Waals surface area (Å²) < 4.78 is 85.7. The number of aromatic amines is 1. The maximum absolute atomic E-state index is 12.9. The van der Waals surface area contributed by atoms with Gasteiger partial charge in [0, 0.05) is 18.7 Å². The normalized spacial score (nSPS) is 15.6. The number of aldehydes is 1. The molecule has 1 atom stereocenters. The first-order valence-electron chi connectivity index (χ1n) is 12.0. The number of aromatic nitrogens is 2. The maximum Gasteiger partial charge on any atom is 0.573 e. The van der Waals surface area contributed by atoms with Gasteiger partial charge >= 0.3 is 12.5 Å². The van der Waals surface area contributed by atoms with Gasteiger partial charge in [-0.1, -0.05) is 30.3 Å². The fraction of sp³-hybridized carbons (Fsp3) is 0.214. The summed E-state index contributed by atoms with van der Waals surface area (Å²) in [4.78, 5) is 13.8. The Hall–Kier alpha value is -4.32. The van der Waals surface area contributed by atoms with Crippen LogP contribution in [-0.4, -0.2) is 27.7 Å². The number of benzene rings is 3. The minimum absolute atomic E-state index is 0.0960. The Labute approximate surface area is 224 Å². The lowest BCUT2D eigenvalue weighted by atomic mass is 10.1. The van der Waals surface area contributed by atoms with Crippen LogP contribution < -0.4 is 9.47 Å². The van der Waals surface area contributed by atoms with E-state index in [0.29, 0.717) is 41.2 Å². The zero-order chi connectivity index (χ0) is 28.5. The van der Waals surface area contributed by atoms with Crippen molar-refractivity contribution in [2.24, 2.45) is 0 Å². The van der Waals surface area contributed by atoms with Crippen LogP contribution in [0.1, 0.15) is 33.9 Å². The summed E-state index contributed by atoms with van der Waals surface area (Å²) in [6.07, 6.45) is -6.85. The topological polar surface area (TPSA) is 67.5 Å². The molecule has 0 aliphatic carbocycles. The van der Waals surface area contributed by atoms with Gasteiger partial charge in [0.1, 0.15) is 24.4 Å². The van der Waals surface area contributed by atoms with Gasteiger partial charge in [0.05, 0.1) is 23.5 Å². The molecule has 12 heteroatoms. The lowest BCUT2D eigenvalue weighted by Gasteiger charge is -2.20. The van der Waals surface area contributed by atoms with Crippen molar-refractivity contribution in [1.29, 1.82) is 0 Å². The zero-order valence-electron chi connectivity index (χ0n) is 20.6. The Balaban J connectivity index is 1.25. The van der Waals surface area contributed by atoms with E-state index in [2.05, 4.69) is 14.9 Å². The van der Waals surface area contributed by atoms with Crippen molar-refractivity contribution < 1.29 is 40.6 Å². The predicted molar refractivity (Wildman–Crippen MR) is 131 cm³/mol. The van der Waals surface area contributed by atoms with Crippen molar-refractivity contribution in [2.75, 3.05) is 0 Å². The van der Waals surface area contributed by atoms with Crippen LogP contribution in [0.5, 0.6) is 11.5 Å². The molecule has 208 valence electrons. The molecule has 3 aromatic carbocycles. The van der Waals surface area contributed by atoms with E-state index in [1.807, 2.05) is 11.0 Å². The second-order valence-electron chi connectivity index (χ2n) is 9.17. The zero-order valence-corrected chi connectivity index (χ0v) is 20.6. The predicted octanol–water partition coefficient (Wildman–Crippen LogP) is 6.83. The molecule has 1 unspecified atom stereocenters. The van der Waals surface area contributed by atoms with Gasteiger partial charge in [-0.25, -0.2) is 0 Å². The molecule has 0 spiro atoms. The molecule has 5 rings (SSSR count). The third kappa shape index (κ3) is 6.12. The number of nitrogens with one attached hydrogen (secondary N) is 1. The molecule has 1 aromatic heterocycles. The van der Waals surface area contributed by atoms with Crippen molar-refractivity contribution in [3.05, 3.63) is 101 Å². The standard InChI is InChI=1S/C28H21F6N3O3/c29-27(30,31)21-5-3-18(4-6-21)26-20(12-35-36-26)16-39-23-9-10-24-19(11-23)14-37(25(24)15-38)13-17-1-7-22(8-2-17)40-28(32,33)34/h1-12,15,25H,13-14,16H2,(H,35,36). The molecular formula is C28H21F6N3O3. The molecule has 0 saturated heterocycles. The fourth-order valence-corrected chi connectivity index (χ4v) is 4.61. The van der Waals surface area contributed by atoms with Crippen LogP contribution in [0.2, 0.25) is 0 Å². The summed E-state index contributed by atoms with van der Waals surface area (Å²) >= 11 is 0. The van der Waals surface area contributed by atoms with Crippen LogP contribution in [0.3, 0.4) is 0 Å². The number of fused-ring (bicyclic) bond motifs is 1. The Morgan fingerprint density at radius 1 is 0.950 bits per heavy atom. The van der Waals surface area contributed by atoms with E-state index in [1.54, 1.807) is 12.1 Å². The summed E-state index contributed by atoms with van der Waals surface area (Å²) in [6.45, 7) is 0.837. The van der Waals surface area contributed by atoms with Crippen molar-refractivity contribution in [3.8, 4) is 22.8 Å². The van der Waals surface area contributed by atoms with Crippen molar-refractivity contribution in [3.63, 3.8) is 0 Å². The Bertz CT molecular complexity index is 1480. The molecule has 0 amide bonds. The summed E-state index contributed by atoms with van der Waals surface area (Å²) in [5.74, 6) is 0.201. The van der Waals surface area contributed by atoms with Crippen LogP contribution in [-0.2, 0) is 30.7 Å². The summed E-state index contributed by atoms with van der Waals surface area (Å²) in [7, 11) is 0. The molecule has 1 N–H and O–H groups in total. The first kappa shape index (κ1) is 27.3. The van der Waals surface area contributed by atoms with E-state index in [-0.39, 0.29) is 12.4 Å². The smallest absolute Gasteiger partial charge is 0.489 e. The van der Waals surface area contributed by atoms with Crippen LogP contribution in [0.15, 0.2) is 72.9 Å². The molecule has 0 bridgehead atoms. The van der Waals surface area contributed by atoms with Crippen LogP contribution in [0, 0.1) is 0 Å². The Morgan fingerprint density at radius 2 is 1.65 bits per heavy atom. The number of nitrogens with zero attached hydrogens (tertiary/aromatic N) is 2. The molecule has 6 nitrogen and oxygen atoms in total. The number of ether oxygens (including phenoxy) is 2. The second-order valence-corrected chi connectivity index (χ2v) is 9.17. The fourth-order valence-electron chi connectivity index (χ4n) is 4.61. The van der Waals surface area contributed by atoms with Gasteiger partial charge < -0.3 is 14.3 Å². The molecule has 1 aliphatic rings. The van der Waals surface area contributed by atoms with Crippen LogP contribution in [0.4, 0.5) is 26.3 Å². The minimum atomic E-state index is -4.78. The number of alkyl halides is 6. The molecule has 0 saturated carbocycles. The highest BCUT2D eigenvalue weighted by atomic mass is 19.4. The number of halogens is 6. The number of rotatable bonds is 8.